The number of hydrogen-bond acceptors (Lipinski definition) is 4. The number of carboxylic acids is 1. The molecule has 0 aromatic heterocycles. The molecule has 1 N–H and O–H groups in total. The highest BCUT2D eigenvalue weighted by Crippen LogP contribution is 2.30. The second-order valence-corrected chi connectivity index (χ2v) is 5.20. The van der Waals surface area contributed by atoms with Crippen molar-refractivity contribution in [2.75, 3.05) is 20.2 Å². The lowest BCUT2D eigenvalue weighted by atomic mass is 10.1. The minimum atomic E-state index is -0.808. The van der Waals surface area contributed by atoms with Gasteiger partial charge < -0.3 is 9.84 Å². The summed E-state index contributed by atoms with van der Waals surface area (Å²) < 4.78 is 4.64. The molecule has 2 rings (SSSR count). The van der Waals surface area contributed by atoms with Crippen molar-refractivity contribution in [3.05, 3.63) is 35.4 Å². The van der Waals surface area contributed by atoms with Gasteiger partial charge in [0, 0.05) is 13.1 Å². The van der Waals surface area contributed by atoms with Crippen LogP contribution in [-0.2, 0) is 16.1 Å². The van der Waals surface area contributed by atoms with Gasteiger partial charge in [-0.1, -0.05) is 12.1 Å². The third-order valence-electron chi connectivity index (χ3n) is 3.35. The van der Waals surface area contributed by atoms with Gasteiger partial charge in [0.1, 0.15) is 0 Å². The van der Waals surface area contributed by atoms with Gasteiger partial charge in [0.25, 0.3) is 0 Å². The third kappa shape index (κ3) is 4.35. The predicted octanol–water partition coefficient (Wildman–Crippen LogP) is 1.77. The number of benzene rings is 1. The molecule has 1 fully saturated rings. The van der Waals surface area contributed by atoms with Gasteiger partial charge in [-0.3, -0.25) is 9.69 Å². The molecule has 108 valence electrons. The van der Waals surface area contributed by atoms with Crippen LogP contribution in [-0.4, -0.2) is 42.1 Å². The fourth-order valence-electron chi connectivity index (χ4n) is 2.16. The lowest BCUT2D eigenvalue weighted by Crippen LogP contribution is -2.31. The van der Waals surface area contributed by atoms with Crippen molar-refractivity contribution in [1.29, 1.82) is 0 Å². The van der Waals surface area contributed by atoms with Gasteiger partial charge in [0.05, 0.1) is 19.2 Å². The van der Waals surface area contributed by atoms with Crippen molar-refractivity contribution < 1.29 is 19.4 Å². The van der Waals surface area contributed by atoms with E-state index < -0.39 is 5.97 Å². The first-order chi connectivity index (χ1) is 9.58. The van der Waals surface area contributed by atoms with Crippen molar-refractivity contribution in [2.45, 2.75) is 19.4 Å². The molecular formula is C15H19NO4. The van der Waals surface area contributed by atoms with Crippen LogP contribution in [0.25, 0.3) is 0 Å². The summed E-state index contributed by atoms with van der Waals surface area (Å²) in [5.74, 6) is -0.530. The monoisotopic (exact) mass is 277 g/mol. The molecule has 0 saturated heterocycles. The van der Waals surface area contributed by atoms with E-state index in [0.29, 0.717) is 18.0 Å². The fraction of sp³-hybridized carbons (Fsp3) is 0.467. The van der Waals surface area contributed by atoms with Crippen molar-refractivity contribution in [3.8, 4) is 0 Å². The molecule has 1 aromatic carbocycles. The second-order valence-electron chi connectivity index (χ2n) is 5.20. The summed E-state index contributed by atoms with van der Waals surface area (Å²) in [5.41, 5.74) is 1.50. The maximum atomic E-state index is 11.3. The number of hydrogen-bond donors (Lipinski definition) is 1. The summed E-state index contributed by atoms with van der Waals surface area (Å²) in [5, 5.41) is 8.94. The van der Waals surface area contributed by atoms with Gasteiger partial charge in [0.2, 0.25) is 0 Å². The van der Waals surface area contributed by atoms with Crippen LogP contribution in [0.5, 0.6) is 0 Å². The van der Waals surface area contributed by atoms with Crippen LogP contribution in [0.15, 0.2) is 24.3 Å². The van der Waals surface area contributed by atoms with E-state index >= 15 is 0 Å². The van der Waals surface area contributed by atoms with Crippen molar-refractivity contribution in [3.63, 3.8) is 0 Å². The Morgan fingerprint density at radius 1 is 1.30 bits per heavy atom. The number of methoxy groups -OCH3 is 1. The van der Waals surface area contributed by atoms with Crippen LogP contribution < -0.4 is 0 Å². The molecular weight excluding hydrogens is 258 g/mol. The Morgan fingerprint density at radius 2 is 1.95 bits per heavy atom. The molecule has 0 spiro atoms. The Labute approximate surface area is 118 Å². The lowest BCUT2D eigenvalue weighted by Gasteiger charge is -2.20. The number of carboxylic acid groups (broad SMARTS) is 1. The van der Waals surface area contributed by atoms with Crippen LogP contribution in [0.1, 0.15) is 28.8 Å². The molecule has 1 aromatic rings. The van der Waals surface area contributed by atoms with E-state index in [1.165, 1.54) is 20.0 Å². The molecule has 0 radical (unpaired) electrons. The molecule has 0 amide bonds. The van der Waals surface area contributed by atoms with Crippen LogP contribution in [0, 0.1) is 5.92 Å². The second kappa shape index (κ2) is 6.52. The Kier molecular flexibility index (Phi) is 4.74. The van der Waals surface area contributed by atoms with E-state index in [1.807, 2.05) is 17.0 Å². The third-order valence-corrected chi connectivity index (χ3v) is 3.35. The number of carbonyl (C=O) groups excluding carboxylic acids is 1. The Hall–Kier alpha value is -1.88. The summed E-state index contributed by atoms with van der Waals surface area (Å²) in [6.45, 7) is 1.46. The van der Waals surface area contributed by atoms with Crippen molar-refractivity contribution in [1.82, 2.24) is 4.90 Å². The summed E-state index contributed by atoms with van der Waals surface area (Å²) in [7, 11) is 1.35. The highest BCUT2D eigenvalue weighted by atomic mass is 16.5. The minimum absolute atomic E-state index is 0.0508. The molecule has 0 bridgehead atoms. The van der Waals surface area contributed by atoms with Gasteiger partial charge in [0.15, 0.2) is 0 Å². The van der Waals surface area contributed by atoms with E-state index in [9.17, 15) is 9.59 Å². The zero-order valence-corrected chi connectivity index (χ0v) is 11.5. The lowest BCUT2D eigenvalue weighted by molar-refractivity contribution is -0.138. The zero-order chi connectivity index (χ0) is 14.5. The molecule has 0 unspecified atom stereocenters. The van der Waals surface area contributed by atoms with Gasteiger partial charge in [-0.15, -0.1) is 0 Å². The topological polar surface area (TPSA) is 66.8 Å². The van der Waals surface area contributed by atoms with Gasteiger partial charge in [-0.25, -0.2) is 4.79 Å². The van der Waals surface area contributed by atoms with Crippen molar-refractivity contribution in [2.24, 2.45) is 5.92 Å². The van der Waals surface area contributed by atoms with Crippen LogP contribution in [0.2, 0.25) is 0 Å². The molecule has 0 aliphatic heterocycles. The normalized spacial score (nSPS) is 14.3. The Bertz CT molecular complexity index is 479. The molecule has 1 aliphatic carbocycles. The van der Waals surface area contributed by atoms with Crippen molar-refractivity contribution >= 4 is 11.9 Å². The molecule has 1 saturated carbocycles. The zero-order valence-electron chi connectivity index (χ0n) is 11.5. The average Bonchev–Trinajstić information content (AvgIpc) is 3.22. The number of aliphatic carboxylic acids is 1. The minimum Gasteiger partial charge on any atom is -0.480 e. The highest BCUT2D eigenvalue weighted by molar-refractivity contribution is 5.89. The predicted molar refractivity (Wildman–Crippen MR) is 73.4 cm³/mol. The Balaban J connectivity index is 1.97. The van der Waals surface area contributed by atoms with Gasteiger partial charge in [-0.05, 0) is 36.5 Å². The summed E-state index contributed by atoms with van der Waals surface area (Å²) in [6.07, 6.45) is 2.38. The summed E-state index contributed by atoms with van der Waals surface area (Å²) in [6, 6.07) is 7.09. The average molecular weight is 277 g/mol. The smallest absolute Gasteiger partial charge is 0.337 e. The highest BCUT2D eigenvalue weighted by Gasteiger charge is 2.25. The molecule has 1 aliphatic rings. The van der Waals surface area contributed by atoms with Gasteiger partial charge in [-0.2, -0.15) is 0 Å². The van der Waals surface area contributed by atoms with Crippen LogP contribution >= 0.6 is 0 Å². The quantitative estimate of drug-likeness (QED) is 0.769. The maximum Gasteiger partial charge on any atom is 0.337 e. The molecule has 20 heavy (non-hydrogen) atoms. The van der Waals surface area contributed by atoms with Gasteiger partial charge >= 0.3 is 11.9 Å². The summed E-state index contributed by atoms with van der Waals surface area (Å²) in [4.78, 5) is 24.2. The summed E-state index contributed by atoms with van der Waals surface area (Å²) >= 11 is 0. The molecule has 5 heteroatoms. The first-order valence-corrected chi connectivity index (χ1v) is 6.70. The maximum absolute atomic E-state index is 11.3. The number of ether oxygens (including phenoxy) is 1. The Morgan fingerprint density at radius 3 is 2.45 bits per heavy atom. The molecule has 5 nitrogen and oxygen atoms in total. The first-order valence-electron chi connectivity index (χ1n) is 6.70. The largest absolute Gasteiger partial charge is 0.480 e. The van der Waals surface area contributed by atoms with Crippen LogP contribution in [0.4, 0.5) is 0 Å². The van der Waals surface area contributed by atoms with E-state index in [4.69, 9.17) is 5.11 Å². The number of rotatable bonds is 7. The SMILES string of the molecule is COC(=O)c1ccc(CN(CC(=O)O)CC2CC2)cc1. The number of esters is 1. The fourth-order valence-corrected chi connectivity index (χ4v) is 2.16. The number of nitrogens with zero attached hydrogens (tertiary/aromatic N) is 1. The van der Waals surface area contributed by atoms with E-state index in [-0.39, 0.29) is 12.5 Å². The number of carbonyl (C=O) groups is 2. The van der Waals surface area contributed by atoms with E-state index in [2.05, 4.69) is 4.74 Å². The molecule has 0 atom stereocenters. The van der Waals surface area contributed by atoms with Crippen LogP contribution in [0.3, 0.4) is 0 Å². The standard InChI is InChI=1S/C15H19NO4/c1-20-15(19)13-6-4-12(5-7-13)9-16(10-14(17)18)8-11-2-3-11/h4-7,11H,2-3,8-10H2,1H3,(H,17,18). The van der Waals surface area contributed by atoms with E-state index in [1.54, 1.807) is 12.1 Å². The van der Waals surface area contributed by atoms with E-state index in [0.717, 1.165) is 12.1 Å². The molecule has 0 heterocycles. The first kappa shape index (κ1) is 14.5.